The first kappa shape index (κ1) is 17.6. The van der Waals surface area contributed by atoms with Crippen LogP contribution in [0.2, 0.25) is 0 Å². The molecular weight excluding hydrogens is 292 g/mol. The van der Waals surface area contributed by atoms with Crippen LogP contribution in [0.3, 0.4) is 0 Å². The van der Waals surface area contributed by atoms with E-state index in [1.807, 2.05) is 45.0 Å². The molecule has 0 bridgehead atoms. The molecule has 1 saturated carbocycles. The van der Waals surface area contributed by atoms with Crippen LogP contribution in [0.4, 0.5) is 4.79 Å². The van der Waals surface area contributed by atoms with E-state index in [4.69, 9.17) is 4.74 Å². The molecule has 1 aliphatic rings. The van der Waals surface area contributed by atoms with Crippen LogP contribution in [0.25, 0.3) is 0 Å². The van der Waals surface area contributed by atoms with Gasteiger partial charge < -0.3 is 20.5 Å². The Morgan fingerprint density at radius 1 is 1.22 bits per heavy atom. The SMILES string of the molecule is CC(C)Oc1cccc(C(C)NC(=O)NC2CCC(O)CC2)c1. The van der Waals surface area contributed by atoms with Crippen molar-refractivity contribution < 1.29 is 14.6 Å². The van der Waals surface area contributed by atoms with E-state index in [1.165, 1.54) is 0 Å². The molecule has 3 N–H and O–H groups in total. The molecule has 128 valence electrons. The molecule has 5 nitrogen and oxygen atoms in total. The van der Waals surface area contributed by atoms with Gasteiger partial charge in [0.25, 0.3) is 0 Å². The molecule has 1 unspecified atom stereocenters. The summed E-state index contributed by atoms with van der Waals surface area (Å²) in [4.78, 5) is 12.1. The van der Waals surface area contributed by atoms with Gasteiger partial charge in [-0.25, -0.2) is 4.79 Å². The largest absolute Gasteiger partial charge is 0.491 e. The van der Waals surface area contributed by atoms with Gasteiger partial charge in [-0.2, -0.15) is 0 Å². The summed E-state index contributed by atoms with van der Waals surface area (Å²) in [5.74, 6) is 0.813. The van der Waals surface area contributed by atoms with Crippen molar-refractivity contribution in [2.24, 2.45) is 0 Å². The zero-order valence-corrected chi connectivity index (χ0v) is 14.2. The van der Waals surface area contributed by atoms with Gasteiger partial charge in [-0.05, 0) is 64.2 Å². The molecule has 2 amide bonds. The molecule has 1 aromatic carbocycles. The third-order valence-electron chi connectivity index (χ3n) is 4.11. The number of rotatable bonds is 5. The van der Waals surface area contributed by atoms with Crippen LogP contribution in [-0.4, -0.2) is 29.4 Å². The molecule has 23 heavy (non-hydrogen) atoms. The average Bonchev–Trinajstić information content (AvgIpc) is 2.49. The number of ether oxygens (including phenoxy) is 1. The molecule has 0 aliphatic heterocycles. The summed E-state index contributed by atoms with van der Waals surface area (Å²) in [7, 11) is 0. The molecular formula is C18H28N2O3. The Kier molecular flexibility index (Phi) is 6.28. The summed E-state index contributed by atoms with van der Waals surface area (Å²) in [6.07, 6.45) is 3.10. The van der Waals surface area contributed by atoms with E-state index in [2.05, 4.69) is 10.6 Å². The average molecular weight is 320 g/mol. The first-order valence-corrected chi connectivity index (χ1v) is 8.45. The minimum absolute atomic E-state index is 0.0973. The van der Waals surface area contributed by atoms with Gasteiger partial charge in [0.15, 0.2) is 0 Å². The quantitative estimate of drug-likeness (QED) is 0.780. The van der Waals surface area contributed by atoms with E-state index in [9.17, 15) is 9.90 Å². The van der Waals surface area contributed by atoms with Crippen LogP contribution < -0.4 is 15.4 Å². The Morgan fingerprint density at radius 3 is 2.57 bits per heavy atom. The number of hydrogen-bond donors (Lipinski definition) is 3. The van der Waals surface area contributed by atoms with Crippen LogP contribution in [0.1, 0.15) is 58.1 Å². The molecule has 5 heteroatoms. The second-order valence-corrected chi connectivity index (χ2v) is 6.58. The van der Waals surface area contributed by atoms with Crippen molar-refractivity contribution in [2.75, 3.05) is 0 Å². The van der Waals surface area contributed by atoms with E-state index in [0.717, 1.165) is 37.0 Å². The molecule has 1 fully saturated rings. The number of urea groups is 1. The van der Waals surface area contributed by atoms with Gasteiger partial charge in [-0.15, -0.1) is 0 Å². The minimum atomic E-state index is -0.210. The molecule has 0 radical (unpaired) electrons. The number of amides is 2. The van der Waals surface area contributed by atoms with E-state index in [0.29, 0.717) is 0 Å². The van der Waals surface area contributed by atoms with Crippen molar-refractivity contribution in [3.05, 3.63) is 29.8 Å². The Labute approximate surface area is 138 Å². The highest BCUT2D eigenvalue weighted by molar-refractivity contribution is 5.74. The zero-order valence-electron chi connectivity index (χ0n) is 14.2. The molecule has 0 spiro atoms. The predicted octanol–water partition coefficient (Wildman–Crippen LogP) is 3.14. The lowest BCUT2D eigenvalue weighted by atomic mass is 9.93. The number of benzene rings is 1. The molecule has 1 atom stereocenters. The molecule has 0 aromatic heterocycles. The molecule has 1 aliphatic carbocycles. The van der Waals surface area contributed by atoms with Crippen molar-refractivity contribution in [1.82, 2.24) is 10.6 Å². The highest BCUT2D eigenvalue weighted by Gasteiger charge is 2.21. The van der Waals surface area contributed by atoms with Crippen LogP contribution in [0.5, 0.6) is 5.75 Å². The van der Waals surface area contributed by atoms with Crippen molar-refractivity contribution in [3.63, 3.8) is 0 Å². The fourth-order valence-corrected chi connectivity index (χ4v) is 2.86. The smallest absolute Gasteiger partial charge is 0.315 e. The highest BCUT2D eigenvalue weighted by Crippen LogP contribution is 2.21. The summed E-state index contributed by atoms with van der Waals surface area (Å²) in [5.41, 5.74) is 1.01. The Hall–Kier alpha value is -1.75. The number of aliphatic hydroxyl groups excluding tert-OH is 1. The van der Waals surface area contributed by atoms with Crippen molar-refractivity contribution in [3.8, 4) is 5.75 Å². The van der Waals surface area contributed by atoms with Gasteiger partial charge in [-0.1, -0.05) is 12.1 Å². The minimum Gasteiger partial charge on any atom is -0.491 e. The van der Waals surface area contributed by atoms with E-state index >= 15 is 0 Å². The summed E-state index contributed by atoms with van der Waals surface area (Å²) in [6, 6.07) is 7.70. The third kappa shape index (κ3) is 5.75. The first-order valence-electron chi connectivity index (χ1n) is 8.45. The number of carbonyl (C=O) groups is 1. The second-order valence-electron chi connectivity index (χ2n) is 6.58. The van der Waals surface area contributed by atoms with Crippen molar-refractivity contribution >= 4 is 6.03 Å². The van der Waals surface area contributed by atoms with E-state index in [-0.39, 0.29) is 30.3 Å². The molecule has 1 aromatic rings. The van der Waals surface area contributed by atoms with Crippen LogP contribution in [-0.2, 0) is 0 Å². The standard InChI is InChI=1S/C18H28N2O3/c1-12(2)23-17-6-4-5-14(11-17)13(3)19-18(22)20-15-7-9-16(21)10-8-15/h4-6,11-13,15-16,21H,7-10H2,1-3H3,(H2,19,20,22). The van der Waals surface area contributed by atoms with Gasteiger partial charge in [0.05, 0.1) is 18.2 Å². The van der Waals surface area contributed by atoms with Crippen LogP contribution in [0.15, 0.2) is 24.3 Å². The third-order valence-corrected chi connectivity index (χ3v) is 4.11. The maximum Gasteiger partial charge on any atom is 0.315 e. The summed E-state index contributed by atoms with van der Waals surface area (Å²) >= 11 is 0. The predicted molar refractivity (Wildman–Crippen MR) is 90.6 cm³/mol. The second kappa shape index (κ2) is 8.20. The Balaban J connectivity index is 1.85. The van der Waals surface area contributed by atoms with Crippen molar-refractivity contribution in [2.45, 2.75) is 70.7 Å². The maximum atomic E-state index is 12.1. The summed E-state index contributed by atoms with van der Waals surface area (Å²) < 4.78 is 5.69. The highest BCUT2D eigenvalue weighted by atomic mass is 16.5. The number of carbonyl (C=O) groups excluding carboxylic acids is 1. The lowest BCUT2D eigenvalue weighted by Gasteiger charge is -2.27. The first-order chi connectivity index (χ1) is 10.9. The fraction of sp³-hybridized carbons (Fsp3) is 0.611. The molecule has 0 saturated heterocycles. The number of aliphatic hydroxyl groups is 1. The Morgan fingerprint density at radius 2 is 1.91 bits per heavy atom. The lowest BCUT2D eigenvalue weighted by molar-refractivity contribution is 0.117. The van der Waals surface area contributed by atoms with Gasteiger partial charge in [0, 0.05) is 6.04 Å². The molecule has 0 heterocycles. The number of nitrogens with one attached hydrogen (secondary N) is 2. The number of hydrogen-bond acceptors (Lipinski definition) is 3. The van der Waals surface area contributed by atoms with Crippen molar-refractivity contribution in [1.29, 1.82) is 0 Å². The van der Waals surface area contributed by atoms with Crippen LogP contribution >= 0.6 is 0 Å². The van der Waals surface area contributed by atoms with Gasteiger partial charge in [0.1, 0.15) is 5.75 Å². The van der Waals surface area contributed by atoms with Crippen LogP contribution in [0, 0.1) is 0 Å². The molecule has 2 rings (SSSR count). The summed E-state index contributed by atoms with van der Waals surface area (Å²) in [6.45, 7) is 5.94. The normalized spacial score (nSPS) is 22.5. The van der Waals surface area contributed by atoms with Gasteiger partial charge >= 0.3 is 6.03 Å². The lowest BCUT2D eigenvalue weighted by Crippen LogP contribution is -2.44. The fourth-order valence-electron chi connectivity index (χ4n) is 2.86. The van der Waals surface area contributed by atoms with E-state index < -0.39 is 0 Å². The topological polar surface area (TPSA) is 70.6 Å². The van der Waals surface area contributed by atoms with Gasteiger partial charge in [0.2, 0.25) is 0 Å². The van der Waals surface area contributed by atoms with E-state index in [1.54, 1.807) is 0 Å². The van der Waals surface area contributed by atoms with Gasteiger partial charge in [-0.3, -0.25) is 0 Å². The Bertz CT molecular complexity index is 511. The maximum absolute atomic E-state index is 12.1. The zero-order chi connectivity index (χ0) is 16.8. The summed E-state index contributed by atoms with van der Waals surface area (Å²) in [5, 5.41) is 15.5. The monoisotopic (exact) mass is 320 g/mol.